The molecule has 7 heteroatoms. The van der Waals surface area contributed by atoms with Gasteiger partial charge < -0.3 is 14.3 Å². The van der Waals surface area contributed by atoms with Gasteiger partial charge in [0.25, 0.3) is 0 Å². The molecule has 1 N–H and O–H groups in total. The minimum Gasteiger partial charge on any atom is -0.467 e. The number of hydrogen-bond donors (Lipinski definition) is 1. The molecule has 7 nitrogen and oxygen atoms in total. The minimum atomic E-state index is -0.130. The van der Waals surface area contributed by atoms with Crippen LogP contribution in [0.4, 0.5) is 0 Å². The van der Waals surface area contributed by atoms with Gasteiger partial charge in [0.05, 0.1) is 25.4 Å². The number of carbonyl (C=O) groups is 1. The summed E-state index contributed by atoms with van der Waals surface area (Å²) in [6.07, 6.45) is 5.51. The number of hydrogen-bond acceptors (Lipinski definition) is 5. The van der Waals surface area contributed by atoms with Crippen LogP contribution in [0.5, 0.6) is 0 Å². The van der Waals surface area contributed by atoms with Crippen molar-refractivity contribution < 1.29 is 9.21 Å². The largest absolute Gasteiger partial charge is 0.467 e. The molecule has 2 aromatic heterocycles. The van der Waals surface area contributed by atoms with Crippen molar-refractivity contribution in [2.24, 2.45) is 0 Å². The fourth-order valence-corrected chi connectivity index (χ4v) is 3.19. The van der Waals surface area contributed by atoms with E-state index in [1.54, 1.807) is 6.26 Å². The molecule has 0 bridgehead atoms. The topological polar surface area (TPSA) is 66.5 Å². The van der Waals surface area contributed by atoms with Crippen LogP contribution in [0.15, 0.2) is 35.2 Å². The first-order valence-electron chi connectivity index (χ1n) is 8.94. The molecule has 1 amide bonds. The molecule has 1 atom stereocenters. The fraction of sp³-hybridized carbons (Fsp3) is 0.556. The lowest BCUT2D eigenvalue weighted by molar-refractivity contribution is -0.126. The normalized spacial score (nSPS) is 17.5. The molecule has 1 fully saturated rings. The standard InChI is InChI=1S/C18H27N5O2/c1-3-22-7-6-19-17(22)14-21-8-10-23(11-9-21)15(2)18(24)20-13-16-5-4-12-25-16/h4-7,12,15H,3,8-11,13-14H2,1-2H3,(H,20,24)/t15-/m1/s1. The molecule has 0 aliphatic carbocycles. The van der Waals surface area contributed by atoms with E-state index in [4.69, 9.17) is 4.42 Å². The predicted molar refractivity (Wildman–Crippen MR) is 94.8 cm³/mol. The van der Waals surface area contributed by atoms with Crippen molar-refractivity contribution in [3.05, 3.63) is 42.4 Å². The molecular weight excluding hydrogens is 318 g/mol. The number of aromatic nitrogens is 2. The number of imidazole rings is 1. The summed E-state index contributed by atoms with van der Waals surface area (Å²) in [4.78, 5) is 21.4. The Labute approximate surface area is 148 Å². The van der Waals surface area contributed by atoms with Crippen LogP contribution >= 0.6 is 0 Å². The summed E-state index contributed by atoms with van der Waals surface area (Å²) in [5.74, 6) is 1.93. The summed E-state index contributed by atoms with van der Waals surface area (Å²) in [5.41, 5.74) is 0. The van der Waals surface area contributed by atoms with Crippen LogP contribution in [0, 0.1) is 0 Å². The average molecular weight is 345 g/mol. The third-order valence-corrected chi connectivity index (χ3v) is 4.86. The van der Waals surface area contributed by atoms with Crippen molar-refractivity contribution in [3.8, 4) is 0 Å². The van der Waals surface area contributed by atoms with Crippen LogP contribution in [0.25, 0.3) is 0 Å². The zero-order valence-electron chi connectivity index (χ0n) is 15.0. The van der Waals surface area contributed by atoms with Gasteiger partial charge >= 0.3 is 0 Å². The number of piperazine rings is 1. The number of rotatable bonds is 7. The lowest BCUT2D eigenvalue weighted by Crippen LogP contribution is -2.53. The van der Waals surface area contributed by atoms with Crippen molar-refractivity contribution in [1.29, 1.82) is 0 Å². The molecule has 0 radical (unpaired) electrons. The highest BCUT2D eigenvalue weighted by atomic mass is 16.3. The first-order chi connectivity index (χ1) is 12.2. The van der Waals surface area contributed by atoms with Gasteiger partial charge in [0.15, 0.2) is 0 Å². The number of carbonyl (C=O) groups excluding carboxylic acids is 1. The molecule has 136 valence electrons. The van der Waals surface area contributed by atoms with Gasteiger partial charge in [-0.3, -0.25) is 14.6 Å². The molecule has 3 rings (SSSR count). The quantitative estimate of drug-likeness (QED) is 0.820. The highest BCUT2D eigenvalue weighted by molar-refractivity contribution is 5.81. The molecule has 25 heavy (non-hydrogen) atoms. The monoisotopic (exact) mass is 345 g/mol. The Kier molecular flexibility index (Phi) is 5.88. The van der Waals surface area contributed by atoms with Gasteiger partial charge in [-0.05, 0) is 26.0 Å². The summed E-state index contributed by atoms with van der Waals surface area (Å²) < 4.78 is 7.43. The van der Waals surface area contributed by atoms with Gasteiger partial charge in [0.1, 0.15) is 11.6 Å². The number of nitrogens with one attached hydrogen (secondary N) is 1. The lowest BCUT2D eigenvalue weighted by Gasteiger charge is -2.37. The second-order valence-corrected chi connectivity index (χ2v) is 6.41. The highest BCUT2D eigenvalue weighted by Crippen LogP contribution is 2.10. The van der Waals surface area contributed by atoms with E-state index in [0.29, 0.717) is 6.54 Å². The maximum absolute atomic E-state index is 12.3. The van der Waals surface area contributed by atoms with Gasteiger partial charge in [-0.25, -0.2) is 4.98 Å². The summed E-state index contributed by atoms with van der Waals surface area (Å²) >= 11 is 0. The van der Waals surface area contributed by atoms with Crippen molar-refractivity contribution in [2.45, 2.75) is 39.5 Å². The highest BCUT2D eigenvalue weighted by Gasteiger charge is 2.26. The van der Waals surface area contributed by atoms with Crippen molar-refractivity contribution in [2.75, 3.05) is 26.2 Å². The Balaban J connectivity index is 1.44. The van der Waals surface area contributed by atoms with Gasteiger partial charge in [-0.1, -0.05) is 0 Å². The number of furan rings is 1. The van der Waals surface area contributed by atoms with Crippen LogP contribution in [0.3, 0.4) is 0 Å². The molecule has 1 saturated heterocycles. The third-order valence-electron chi connectivity index (χ3n) is 4.86. The van der Waals surface area contributed by atoms with E-state index in [1.165, 1.54) is 0 Å². The third kappa shape index (κ3) is 4.49. The average Bonchev–Trinajstić information content (AvgIpc) is 3.31. The van der Waals surface area contributed by atoms with E-state index in [9.17, 15) is 4.79 Å². The Morgan fingerprint density at radius 1 is 1.36 bits per heavy atom. The Morgan fingerprint density at radius 2 is 2.16 bits per heavy atom. The first-order valence-corrected chi connectivity index (χ1v) is 8.94. The minimum absolute atomic E-state index is 0.0476. The molecule has 0 aromatic carbocycles. The molecule has 0 unspecified atom stereocenters. The predicted octanol–water partition coefficient (Wildman–Crippen LogP) is 1.32. The van der Waals surface area contributed by atoms with E-state index in [0.717, 1.165) is 50.9 Å². The van der Waals surface area contributed by atoms with Crippen LogP contribution in [0.2, 0.25) is 0 Å². The smallest absolute Gasteiger partial charge is 0.237 e. The molecule has 0 spiro atoms. The second-order valence-electron chi connectivity index (χ2n) is 6.41. The summed E-state index contributed by atoms with van der Waals surface area (Å²) in [7, 11) is 0. The van der Waals surface area contributed by atoms with Crippen molar-refractivity contribution in [3.63, 3.8) is 0 Å². The van der Waals surface area contributed by atoms with E-state index < -0.39 is 0 Å². The zero-order valence-corrected chi connectivity index (χ0v) is 15.0. The maximum atomic E-state index is 12.3. The van der Waals surface area contributed by atoms with Crippen molar-refractivity contribution >= 4 is 5.91 Å². The van der Waals surface area contributed by atoms with E-state index in [-0.39, 0.29) is 11.9 Å². The van der Waals surface area contributed by atoms with Gasteiger partial charge in [0, 0.05) is 45.1 Å². The summed E-state index contributed by atoms with van der Waals surface area (Å²) in [5, 5.41) is 2.94. The second kappa shape index (κ2) is 8.31. The molecule has 1 aliphatic rings. The molecule has 3 heterocycles. The lowest BCUT2D eigenvalue weighted by atomic mass is 10.2. The maximum Gasteiger partial charge on any atom is 0.237 e. The van der Waals surface area contributed by atoms with Crippen LogP contribution in [-0.4, -0.2) is 57.5 Å². The molecular formula is C18H27N5O2. The van der Waals surface area contributed by atoms with Gasteiger partial charge in [-0.15, -0.1) is 0 Å². The van der Waals surface area contributed by atoms with Crippen LogP contribution in [0.1, 0.15) is 25.4 Å². The SMILES string of the molecule is CCn1ccnc1CN1CCN([C@H](C)C(=O)NCc2ccco2)CC1. The zero-order chi connectivity index (χ0) is 17.6. The van der Waals surface area contributed by atoms with Crippen molar-refractivity contribution in [1.82, 2.24) is 24.7 Å². The Hall–Kier alpha value is -2.12. The van der Waals surface area contributed by atoms with Crippen LogP contribution in [-0.2, 0) is 24.4 Å². The molecule has 0 saturated carbocycles. The van der Waals surface area contributed by atoms with Gasteiger partial charge in [-0.2, -0.15) is 0 Å². The van der Waals surface area contributed by atoms with E-state index >= 15 is 0 Å². The Morgan fingerprint density at radius 3 is 2.84 bits per heavy atom. The van der Waals surface area contributed by atoms with E-state index in [2.05, 4.69) is 31.6 Å². The number of aryl methyl sites for hydroxylation is 1. The fourth-order valence-electron chi connectivity index (χ4n) is 3.19. The molecule has 1 aliphatic heterocycles. The van der Waals surface area contributed by atoms with E-state index in [1.807, 2.05) is 31.5 Å². The summed E-state index contributed by atoms with van der Waals surface area (Å²) in [6.45, 7) is 10.0. The first kappa shape index (κ1) is 17.7. The number of amides is 1. The van der Waals surface area contributed by atoms with Gasteiger partial charge in [0.2, 0.25) is 5.91 Å². The Bertz CT molecular complexity index is 659. The molecule has 2 aromatic rings. The summed E-state index contributed by atoms with van der Waals surface area (Å²) in [6, 6.07) is 3.56. The van der Waals surface area contributed by atoms with Crippen LogP contribution < -0.4 is 5.32 Å². The number of nitrogens with zero attached hydrogens (tertiary/aromatic N) is 4.